The molecule has 0 unspecified atom stereocenters. The van der Waals surface area contributed by atoms with Gasteiger partial charge in [-0.05, 0) is 37.8 Å². The Hall–Kier alpha value is -2.34. The van der Waals surface area contributed by atoms with Crippen molar-refractivity contribution in [2.75, 3.05) is 13.3 Å². The van der Waals surface area contributed by atoms with Gasteiger partial charge >= 0.3 is 0 Å². The third kappa shape index (κ3) is 3.14. The molecule has 3 rings (SSSR count). The summed E-state index contributed by atoms with van der Waals surface area (Å²) in [6.07, 6.45) is 3.69. The first-order valence-electron chi connectivity index (χ1n) is 7.70. The molecule has 0 radical (unpaired) electrons. The Morgan fingerprint density at radius 1 is 1.25 bits per heavy atom. The smallest absolute Gasteiger partial charge is 0.257 e. The highest BCUT2D eigenvalue weighted by Crippen LogP contribution is 2.17. The molecule has 124 valence electrons. The minimum Gasteiger partial charge on any atom is -0.337 e. The molecule has 0 fully saturated rings. The lowest BCUT2D eigenvalue weighted by Gasteiger charge is -2.18. The van der Waals surface area contributed by atoms with Crippen LogP contribution in [0.4, 0.5) is 0 Å². The Bertz CT molecular complexity index is 886. The number of benzene rings is 1. The van der Waals surface area contributed by atoms with Crippen molar-refractivity contribution in [2.24, 2.45) is 0 Å². The Morgan fingerprint density at radius 3 is 2.62 bits per heavy atom. The number of nitrogens with zero attached hydrogens (tertiary/aromatic N) is 4. The molecule has 0 aliphatic carbocycles. The maximum absolute atomic E-state index is 12.8. The number of thioether (sulfide) groups is 1. The van der Waals surface area contributed by atoms with Crippen LogP contribution < -0.4 is 0 Å². The SMILES string of the molecule is CSc1ccc(CN(C)C(=O)c2cnc3cc(C)nn3c2C)cc1. The van der Waals surface area contributed by atoms with Crippen LogP contribution in [-0.4, -0.2) is 38.7 Å². The molecule has 3 aromatic rings. The average Bonchev–Trinajstić information content (AvgIpc) is 2.97. The van der Waals surface area contributed by atoms with Gasteiger partial charge in [-0.1, -0.05) is 12.1 Å². The van der Waals surface area contributed by atoms with Gasteiger partial charge in [0, 0.05) is 30.8 Å². The van der Waals surface area contributed by atoms with E-state index in [0.717, 1.165) is 22.6 Å². The van der Waals surface area contributed by atoms with Crippen molar-refractivity contribution in [1.82, 2.24) is 19.5 Å². The summed E-state index contributed by atoms with van der Waals surface area (Å²) in [4.78, 5) is 20.1. The van der Waals surface area contributed by atoms with Gasteiger partial charge in [-0.15, -0.1) is 11.8 Å². The van der Waals surface area contributed by atoms with E-state index < -0.39 is 0 Å². The van der Waals surface area contributed by atoms with Gasteiger partial charge in [-0.25, -0.2) is 9.50 Å². The second-order valence-corrected chi connectivity index (χ2v) is 6.70. The molecule has 24 heavy (non-hydrogen) atoms. The second-order valence-electron chi connectivity index (χ2n) is 5.82. The van der Waals surface area contributed by atoms with Crippen LogP contribution >= 0.6 is 11.8 Å². The molecule has 0 bridgehead atoms. The Balaban J connectivity index is 1.83. The molecule has 0 saturated heterocycles. The first kappa shape index (κ1) is 16.5. The molecule has 5 nitrogen and oxygen atoms in total. The number of hydrogen-bond donors (Lipinski definition) is 0. The quantitative estimate of drug-likeness (QED) is 0.684. The fourth-order valence-electron chi connectivity index (χ4n) is 2.65. The van der Waals surface area contributed by atoms with Gasteiger partial charge in [0.2, 0.25) is 0 Å². The number of rotatable bonds is 4. The van der Waals surface area contributed by atoms with Crippen LogP contribution in [-0.2, 0) is 6.54 Å². The molecule has 0 aliphatic rings. The maximum Gasteiger partial charge on any atom is 0.257 e. The summed E-state index contributed by atoms with van der Waals surface area (Å²) in [5, 5.41) is 4.40. The number of fused-ring (bicyclic) bond motifs is 1. The largest absolute Gasteiger partial charge is 0.337 e. The number of aryl methyl sites for hydroxylation is 2. The van der Waals surface area contributed by atoms with Crippen molar-refractivity contribution in [3.63, 3.8) is 0 Å². The highest BCUT2D eigenvalue weighted by molar-refractivity contribution is 7.98. The third-order valence-corrected chi connectivity index (χ3v) is 4.75. The predicted molar refractivity (Wildman–Crippen MR) is 96.5 cm³/mol. The van der Waals surface area contributed by atoms with E-state index >= 15 is 0 Å². The summed E-state index contributed by atoms with van der Waals surface area (Å²) < 4.78 is 1.73. The summed E-state index contributed by atoms with van der Waals surface area (Å²) in [7, 11) is 1.81. The highest BCUT2D eigenvalue weighted by atomic mass is 32.2. The predicted octanol–water partition coefficient (Wildman–Crippen LogP) is 3.34. The van der Waals surface area contributed by atoms with Crippen LogP contribution in [0.2, 0.25) is 0 Å². The zero-order chi connectivity index (χ0) is 17.3. The third-order valence-electron chi connectivity index (χ3n) is 4.00. The van der Waals surface area contributed by atoms with E-state index in [-0.39, 0.29) is 5.91 Å². The summed E-state index contributed by atoms with van der Waals surface area (Å²) in [6, 6.07) is 10.2. The molecule has 0 N–H and O–H groups in total. The first-order chi connectivity index (χ1) is 11.5. The molecular formula is C18H20N4OS. The van der Waals surface area contributed by atoms with Gasteiger partial charge in [-0.3, -0.25) is 4.79 Å². The Labute approximate surface area is 145 Å². The molecule has 2 heterocycles. The topological polar surface area (TPSA) is 50.5 Å². The number of carbonyl (C=O) groups excluding carboxylic acids is 1. The van der Waals surface area contributed by atoms with Crippen molar-refractivity contribution in [3.8, 4) is 0 Å². The second kappa shape index (κ2) is 6.65. The zero-order valence-corrected chi connectivity index (χ0v) is 15.1. The zero-order valence-electron chi connectivity index (χ0n) is 14.3. The molecule has 0 spiro atoms. The molecule has 0 atom stereocenters. The first-order valence-corrected chi connectivity index (χ1v) is 8.92. The van der Waals surface area contributed by atoms with Crippen molar-refractivity contribution in [1.29, 1.82) is 0 Å². The van der Waals surface area contributed by atoms with Gasteiger partial charge in [0.25, 0.3) is 5.91 Å². The molecule has 0 saturated carbocycles. The van der Waals surface area contributed by atoms with Gasteiger partial charge in [-0.2, -0.15) is 5.10 Å². The van der Waals surface area contributed by atoms with Gasteiger partial charge < -0.3 is 4.90 Å². The normalized spacial score (nSPS) is 11.0. The van der Waals surface area contributed by atoms with Crippen molar-refractivity contribution in [2.45, 2.75) is 25.3 Å². The number of amides is 1. The summed E-state index contributed by atoms with van der Waals surface area (Å²) in [6.45, 7) is 4.37. The molecule has 1 aromatic carbocycles. The van der Waals surface area contributed by atoms with Crippen LogP contribution in [0.5, 0.6) is 0 Å². The summed E-state index contributed by atoms with van der Waals surface area (Å²) >= 11 is 1.71. The number of aromatic nitrogens is 3. The van der Waals surface area contributed by atoms with E-state index in [1.54, 1.807) is 27.4 Å². The van der Waals surface area contributed by atoms with Crippen molar-refractivity contribution >= 4 is 23.3 Å². The van der Waals surface area contributed by atoms with Crippen LogP contribution in [0.15, 0.2) is 41.4 Å². The Morgan fingerprint density at radius 2 is 1.96 bits per heavy atom. The highest BCUT2D eigenvalue weighted by Gasteiger charge is 2.17. The molecule has 6 heteroatoms. The Kier molecular flexibility index (Phi) is 4.57. The fourth-order valence-corrected chi connectivity index (χ4v) is 3.06. The number of hydrogen-bond acceptors (Lipinski definition) is 4. The van der Waals surface area contributed by atoms with Gasteiger partial charge in [0.05, 0.1) is 17.0 Å². The van der Waals surface area contributed by atoms with Crippen molar-refractivity contribution < 1.29 is 4.79 Å². The minimum absolute atomic E-state index is 0.0519. The van der Waals surface area contributed by atoms with Crippen LogP contribution in [0.25, 0.3) is 5.65 Å². The van der Waals surface area contributed by atoms with Crippen LogP contribution in [0, 0.1) is 13.8 Å². The lowest BCUT2D eigenvalue weighted by atomic mass is 10.2. The fraction of sp³-hybridized carbons (Fsp3) is 0.278. The summed E-state index contributed by atoms with van der Waals surface area (Å²) in [5.41, 5.74) is 4.14. The lowest BCUT2D eigenvalue weighted by molar-refractivity contribution is 0.0783. The van der Waals surface area contributed by atoms with E-state index in [9.17, 15) is 4.79 Å². The number of carbonyl (C=O) groups is 1. The van der Waals surface area contributed by atoms with Crippen LogP contribution in [0.3, 0.4) is 0 Å². The molecule has 0 aliphatic heterocycles. The van der Waals surface area contributed by atoms with E-state index in [4.69, 9.17) is 0 Å². The molecule has 2 aromatic heterocycles. The molecular weight excluding hydrogens is 320 g/mol. The monoisotopic (exact) mass is 340 g/mol. The van der Waals surface area contributed by atoms with Gasteiger partial charge in [0.15, 0.2) is 5.65 Å². The lowest BCUT2D eigenvalue weighted by Crippen LogP contribution is -2.27. The van der Waals surface area contributed by atoms with Crippen molar-refractivity contribution in [3.05, 3.63) is 59.0 Å². The average molecular weight is 340 g/mol. The summed E-state index contributed by atoms with van der Waals surface area (Å²) in [5.74, 6) is -0.0519. The molecule has 1 amide bonds. The van der Waals surface area contributed by atoms with E-state index in [2.05, 4.69) is 34.3 Å². The minimum atomic E-state index is -0.0519. The van der Waals surface area contributed by atoms with E-state index in [0.29, 0.717) is 12.1 Å². The van der Waals surface area contributed by atoms with E-state index in [1.165, 1.54) is 4.90 Å². The van der Waals surface area contributed by atoms with Gasteiger partial charge in [0.1, 0.15) is 0 Å². The van der Waals surface area contributed by atoms with Crippen LogP contribution in [0.1, 0.15) is 27.3 Å². The maximum atomic E-state index is 12.8. The van der Waals surface area contributed by atoms with E-state index in [1.807, 2.05) is 33.2 Å². The standard InChI is InChI=1S/C18H20N4OS/c1-12-9-17-19-10-16(13(2)22(17)20-12)18(23)21(3)11-14-5-7-15(24-4)8-6-14/h5-10H,11H2,1-4H3.